The number of aryl methyl sites for hydroxylation is 1. The average molecular weight is 424 g/mol. The lowest BCUT2D eigenvalue weighted by Crippen LogP contribution is -2.13. The maximum atomic E-state index is 14.6. The van der Waals surface area contributed by atoms with Crippen molar-refractivity contribution in [3.63, 3.8) is 0 Å². The van der Waals surface area contributed by atoms with Gasteiger partial charge in [0.2, 0.25) is 5.91 Å². The summed E-state index contributed by atoms with van der Waals surface area (Å²) in [6.07, 6.45) is 0.749. The van der Waals surface area contributed by atoms with Crippen molar-refractivity contribution in [1.29, 1.82) is 0 Å². The van der Waals surface area contributed by atoms with E-state index in [1.165, 1.54) is 5.56 Å². The second-order valence-corrected chi connectivity index (χ2v) is 8.67. The van der Waals surface area contributed by atoms with Gasteiger partial charge < -0.3 is 10.4 Å². The summed E-state index contributed by atoms with van der Waals surface area (Å²) < 4.78 is 29.1. The van der Waals surface area contributed by atoms with Crippen molar-refractivity contribution >= 4 is 11.6 Å². The Labute approximate surface area is 181 Å². The normalized spacial score (nSPS) is 11.4. The zero-order chi connectivity index (χ0) is 22.6. The Morgan fingerprint density at radius 2 is 1.45 bits per heavy atom. The van der Waals surface area contributed by atoms with Gasteiger partial charge in [-0.2, -0.15) is 0 Å². The van der Waals surface area contributed by atoms with Crippen LogP contribution in [0.25, 0.3) is 11.1 Å². The number of anilines is 1. The van der Waals surface area contributed by atoms with Crippen LogP contribution in [-0.4, -0.2) is 11.0 Å². The Balaban J connectivity index is 1.65. The van der Waals surface area contributed by atoms with Crippen LogP contribution in [-0.2, 0) is 23.2 Å². The van der Waals surface area contributed by atoms with E-state index >= 15 is 0 Å². The van der Waals surface area contributed by atoms with Crippen LogP contribution in [0.15, 0.2) is 60.7 Å². The zero-order valence-corrected chi connectivity index (χ0v) is 18.0. The monoisotopic (exact) mass is 423 g/mol. The Bertz CT molecular complexity index is 1030. The van der Waals surface area contributed by atoms with Gasteiger partial charge in [0.15, 0.2) is 0 Å². The van der Waals surface area contributed by atoms with Gasteiger partial charge >= 0.3 is 0 Å². The van der Waals surface area contributed by atoms with E-state index < -0.39 is 11.6 Å². The molecule has 3 aromatic carbocycles. The number of nitrogens with one attached hydrogen (secondary N) is 1. The zero-order valence-electron chi connectivity index (χ0n) is 18.0. The molecule has 0 fully saturated rings. The first-order valence-electron chi connectivity index (χ1n) is 10.3. The molecule has 0 saturated carbocycles. The molecular weight excluding hydrogens is 396 g/mol. The van der Waals surface area contributed by atoms with E-state index in [0.717, 1.165) is 17.7 Å². The topological polar surface area (TPSA) is 49.3 Å². The number of aliphatic hydroxyl groups excluding tert-OH is 1. The second kappa shape index (κ2) is 9.40. The molecule has 0 radical (unpaired) electrons. The van der Waals surface area contributed by atoms with Gasteiger partial charge in [-0.3, -0.25) is 4.79 Å². The molecule has 5 heteroatoms. The van der Waals surface area contributed by atoms with Gasteiger partial charge in [-0.25, -0.2) is 8.78 Å². The van der Waals surface area contributed by atoms with Gasteiger partial charge in [-0.1, -0.05) is 69.3 Å². The van der Waals surface area contributed by atoms with Crippen LogP contribution in [0.4, 0.5) is 14.5 Å². The first-order chi connectivity index (χ1) is 14.7. The Hall–Kier alpha value is -3.05. The van der Waals surface area contributed by atoms with E-state index in [0.29, 0.717) is 17.5 Å². The third kappa shape index (κ3) is 5.76. The molecule has 1 amide bonds. The lowest BCUT2D eigenvalue weighted by atomic mass is 9.86. The smallest absolute Gasteiger partial charge is 0.224 e. The summed E-state index contributed by atoms with van der Waals surface area (Å²) in [5.74, 6) is -1.83. The molecule has 0 aliphatic carbocycles. The number of carbonyl (C=O) groups excluding carboxylic acids is 1. The summed E-state index contributed by atoms with van der Waals surface area (Å²) in [5, 5.41) is 11.7. The lowest BCUT2D eigenvalue weighted by molar-refractivity contribution is -0.116. The van der Waals surface area contributed by atoms with E-state index in [9.17, 15) is 13.6 Å². The maximum absolute atomic E-state index is 14.6. The van der Waals surface area contributed by atoms with Gasteiger partial charge in [0.25, 0.3) is 0 Å². The molecule has 0 heterocycles. The summed E-state index contributed by atoms with van der Waals surface area (Å²) in [7, 11) is 0. The minimum Gasteiger partial charge on any atom is -0.392 e. The number of halogens is 2. The van der Waals surface area contributed by atoms with Crippen molar-refractivity contribution in [1.82, 2.24) is 0 Å². The molecule has 0 spiro atoms. The molecule has 162 valence electrons. The highest BCUT2D eigenvalue weighted by molar-refractivity contribution is 5.91. The number of carbonyl (C=O) groups is 1. The largest absolute Gasteiger partial charge is 0.392 e. The summed E-state index contributed by atoms with van der Waals surface area (Å²) in [6, 6.07) is 16.7. The minimum absolute atomic E-state index is 0.0666. The van der Waals surface area contributed by atoms with Crippen LogP contribution >= 0.6 is 0 Å². The Morgan fingerprint density at radius 3 is 1.97 bits per heavy atom. The number of hydrogen-bond donors (Lipinski definition) is 2. The maximum Gasteiger partial charge on any atom is 0.224 e. The van der Waals surface area contributed by atoms with Crippen LogP contribution in [0.3, 0.4) is 0 Å². The molecule has 3 nitrogen and oxygen atoms in total. The highest BCUT2D eigenvalue weighted by Crippen LogP contribution is 2.29. The van der Waals surface area contributed by atoms with Crippen LogP contribution in [0.2, 0.25) is 0 Å². The van der Waals surface area contributed by atoms with E-state index in [1.807, 2.05) is 12.1 Å². The van der Waals surface area contributed by atoms with Crippen molar-refractivity contribution in [2.75, 3.05) is 5.32 Å². The highest BCUT2D eigenvalue weighted by atomic mass is 19.1. The number of amides is 1. The third-order valence-corrected chi connectivity index (χ3v) is 5.21. The Morgan fingerprint density at radius 1 is 0.903 bits per heavy atom. The fourth-order valence-electron chi connectivity index (χ4n) is 3.35. The predicted molar refractivity (Wildman–Crippen MR) is 120 cm³/mol. The van der Waals surface area contributed by atoms with E-state index in [1.54, 1.807) is 24.3 Å². The fourth-order valence-corrected chi connectivity index (χ4v) is 3.35. The molecule has 0 atom stereocenters. The van der Waals surface area contributed by atoms with Gasteiger partial charge in [0.05, 0.1) is 12.2 Å². The average Bonchev–Trinajstić information content (AvgIpc) is 2.72. The van der Waals surface area contributed by atoms with E-state index in [2.05, 4.69) is 38.2 Å². The summed E-state index contributed by atoms with van der Waals surface area (Å²) >= 11 is 0. The SMILES string of the molecule is CC(C)(C)c1ccc(CCC(=O)Nc2cc(F)c(-c3ccc(CO)cc3)c(F)c2)cc1. The van der Waals surface area contributed by atoms with E-state index in [-0.39, 0.29) is 35.6 Å². The standard InChI is InChI=1S/C26H27F2NO2/c1-26(2,3)20-11-6-17(7-12-20)8-13-24(31)29-21-14-22(27)25(23(28)15-21)19-9-4-18(16-30)5-10-19/h4-7,9-12,14-15,30H,8,13,16H2,1-3H3,(H,29,31). The molecule has 3 aromatic rings. The van der Waals surface area contributed by atoms with Crippen LogP contribution in [0, 0.1) is 11.6 Å². The molecular formula is C26H27F2NO2. The molecule has 3 rings (SSSR count). The minimum atomic E-state index is -0.759. The fraction of sp³-hybridized carbons (Fsp3) is 0.269. The first kappa shape index (κ1) is 22.6. The summed E-state index contributed by atoms with van der Waals surface area (Å²) in [4.78, 5) is 12.3. The molecule has 0 saturated heterocycles. The predicted octanol–water partition coefficient (Wildman–Crippen LogP) is 5.99. The van der Waals surface area contributed by atoms with Gasteiger partial charge in [0.1, 0.15) is 11.6 Å². The van der Waals surface area contributed by atoms with Gasteiger partial charge in [-0.05, 0) is 46.2 Å². The molecule has 0 bridgehead atoms. The molecule has 0 aliphatic rings. The van der Waals surface area contributed by atoms with E-state index in [4.69, 9.17) is 5.11 Å². The first-order valence-corrected chi connectivity index (χ1v) is 10.3. The molecule has 0 aliphatic heterocycles. The molecule has 0 aromatic heterocycles. The van der Waals surface area contributed by atoms with Crippen molar-refractivity contribution < 1.29 is 18.7 Å². The number of aliphatic hydroxyl groups is 1. The van der Waals surface area contributed by atoms with Crippen LogP contribution in [0.1, 0.15) is 43.9 Å². The number of benzene rings is 3. The van der Waals surface area contributed by atoms with Crippen LogP contribution < -0.4 is 5.32 Å². The summed E-state index contributed by atoms with van der Waals surface area (Å²) in [5.41, 5.74) is 3.25. The lowest BCUT2D eigenvalue weighted by Gasteiger charge is -2.19. The number of rotatable bonds is 6. The quantitative estimate of drug-likeness (QED) is 0.511. The Kier molecular flexibility index (Phi) is 6.86. The van der Waals surface area contributed by atoms with Crippen molar-refractivity contribution in [2.24, 2.45) is 0 Å². The number of hydrogen-bond acceptors (Lipinski definition) is 2. The molecule has 31 heavy (non-hydrogen) atoms. The summed E-state index contributed by atoms with van der Waals surface area (Å²) in [6.45, 7) is 6.28. The molecule has 2 N–H and O–H groups in total. The van der Waals surface area contributed by atoms with Crippen molar-refractivity contribution in [3.8, 4) is 11.1 Å². The van der Waals surface area contributed by atoms with Crippen molar-refractivity contribution in [3.05, 3.63) is 89.0 Å². The van der Waals surface area contributed by atoms with Gasteiger partial charge in [-0.15, -0.1) is 0 Å². The van der Waals surface area contributed by atoms with Gasteiger partial charge in [0, 0.05) is 12.1 Å². The molecule has 0 unspecified atom stereocenters. The highest BCUT2D eigenvalue weighted by Gasteiger charge is 2.15. The second-order valence-electron chi connectivity index (χ2n) is 8.67. The van der Waals surface area contributed by atoms with Crippen LogP contribution in [0.5, 0.6) is 0 Å². The van der Waals surface area contributed by atoms with Crippen molar-refractivity contribution in [2.45, 2.75) is 45.6 Å². The third-order valence-electron chi connectivity index (χ3n) is 5.21.